The highest BCUT2D eigenvalue weighted by Crippen LogP contribution is 2.33. The second kappa shape index (κ2) is 6.00. The van der Waals surface area contributed by atoms with Gasteiger partial charge in [0.05, 0.1) is 12.0 Å². The van der Waals surface area contributed by atoms with Crippen molar-refractivity contribution in [3.8, 4) is 0 Å². The lowest BCUT2D eigenvalue weighted by Crippen LogP contribution is -2.42. The number of hydrogen-bond acceptors (Lipinski definition) is 3. The molecule has 0 aromatic heterocycles. The number of nitrogens with one attached hydrogen (secondary N) is 1. The van der Waals surface area contributed by atoms with E-state index in [4.69, 9.17) is 9.84 Å². The van der Waals surface area contributed by atoms with Crippen molar-refractivity contribution in [2.75, 3.05) is 6.61 Å². The molecule has 3 atom stereocenters. The van der Waals surface area contributed by atoms with E-state index in [9.17, 15) is 9.59 Å². The highest BCUT2D eigenvalue weighted by Gasteiger charge is 2.44. The monoisotopic (exact) mass is 243 g/mol. The third kappa shape index (κ3) is 4.34. The molecule has 1 saturated carbocycles. The first-order chi connectivity index (χ1) is 7.95. The molecule has 0 bridgehead atoms. The van der Waals surface area contributed by atoms with Crippen LogP contribution < -0.4 is 5.32 Å². The van der Waals surface area contributed by atoms with E-state index in [0.717, 1.165) is 0 Å². The van der Waals surface area contributed by atoms with Gasteiger partial charge in [-0.1, -0.05) is 13.8 Å². The smallest absolute Gasteiger partial charge is 0.326 e. The van der Waals surface area contributed by atoms with Gasteiger partial charge in [-0.15, -0.1) is 0 Å². The summed E-state index contributed by atoms with van der Waals surface area (Å²) in [7, 11) is 0. The van der Waals surface area contributed by atoms with E-state index in [1.54, 1.807) is 0 Å². The molecular formula is C12H21NO4. The Morgan fingerprint density at radius 1 is 1.47 bits per heavy atom. The topological polar surface area (TPSA) is 75.6 Å². The molecule has 0 heterocycles. The van der Waals surface area contributed by atoms with Crippen LogP contribution >= 0.6 is 0 Å². The van der Waals surface area contributed by atoms with Crippen LogP contribution in [0.25, 0.3) is 0 Å². The predicted molar refractivity (Wildman–Crippen MR) is 62.5 cm³/mol. The molecule has 98 valence electrons. The quantitative estimate of drug-likeness (QED) is 0.700. The second-order valence-electron chi connectivity index (χ2n) is 4.86. The summed E-state index contributed by atoms with van der Waals surface area (Å²) in [6, 6.07) is -0.787. The van der Waals surface area contributed by atoms with E-state index in [1.165, 1.54) is 0 Å². The standard InChI is InChI=1S/C12H21NO4/c1-4-17-10-6-8(10)11(14)13-9(12(15)16)5-7(2)3/h7-10H,4-6H2,1-3H3,(H,13,14)(H,15,16). The first-order valence-corrected chi connectivity index (χ1v) is 6.10. The minimum absolute atomic E-state index is 0.0199. The number of aliphatic carboxylic acids is 1. The molecule has 0 spiro atoms. The molecule has 1 amide bonds. The summed E-state index contributed by atoms with van der Waals surface area (Å²) < 4.78 is 5.30. The van der Waals surface area contributed by atoms with E-state index in [0.29, 0.717) is 19.4 Å². The number of hydrogen-bond donors (Lipinski definition) is 2. The fourth-order valence-electron chi connectivity index (χ4n) is 1.82. The van der Waals surface area contributed by atoms with Crippen molar-refractivity contribution in [3.05, 3.63) is 0 Å². The molecule has 0 aromatic rings. The second-order valence-corrected chi connectivity index (χ2v) is 4.86. The molecule has 0 aromatic carbocycles. The predicted octanol–water partition coefficient (Wildman–Crippen LogP) is 1.03. The van der Waals surface area contributed by atoms with Crippen LogP contribution in [-0.4, -0.2) is 35.7 Å². The molecule has 1 fully saturated rings. The zero-order chi connectivity index (χ0) is 13.0. The molecule has 5 heteroatoms. The van der Waals surface area contributed by atoms with Gasteiger partial charge in [-0.3, -0.25) is 4.79 Å². The molecular weight excluding hydrogens is 222 g/mol. The molecule has 1 aliphatic carbocycles. The molecule has 0 aliphatic heterocycles. The SMILES string of the molecule is CCOC1CC1C(=O)NC(CC(C)C)C(=O)O. The van der Waals surface area contributed by atoms with Crippen LogP contribution in [0.5, 0.6) is 0 Å². The summed E-state index contributed by atoms with van der Waals surface area (Å²) in [6.07, 6.45) is 1.13. The first-order valence-electron chi connectivity index (χ1n) is 6.10. The van der Waals surface area contributed by atoms with Gasteiger partial charge >= 0.3 is 5.97 Å². The summed E-state index contributed by atoms with van der Waals surface area (Å²) in [4.78, 5) is 22.7. The average Bonchev–Trinajstić information content (AvgIpc) is 2.96. The molecule has 2 N–H and O–H groups in total. The fraction of sp³-hybridized carbons (Fsp3) is 0.833. The maximum Gasteiger partial charge on any atom is 0.326 e. The largest absolute Gasteiger partial charge is 0.480 e. The van der Waals surface area contributed by atoms with Crippen LogP contribution in [0.15, 0.2) is 0 Å². The first kappa shape index (κ1) is 14.0. The van der Waals surface area contributed by atoms with Gasteiger partial charge in [-0.2, -0.15) is 0 Å². The van der Waals surface area contributed by atoms with E-state index in [2.05, 4.69) is 5.32 Å². The third-order valence-electron chi connectivity index (χ3n) is 2.77. The lowest BCUT2D eigenvalue weighted by Gasteiger charge is -2.16. The molecule has 5 nitrogen and oxygen atoms in total. The Kier molecular flexibility index (Phi) is 4.93. The minimum atomic E-state index is -0.972. The Balaban J connectivity index is 2.40. The molecule has 1 rings (SSSR count). The van der Waals surface area contributed by atoms with Gasteiger partial charge in [-0.25, -0.2) is 4.79 Å². The van der Waals surface area contributed by atoms with Gasteiger partial charge in [0.2, 0.25) is 5.91 Å². The molecule has 17 heavy (non-hydrogen) atoms. The van der Waals surface area contributed by atoms with Gasteiger partial charge < -0.3 is 15.2 Å². The Morgan fingerprint density at radius 2 is 2.12 bits per heavy atom. The average molecular weight is 243 g/mol. The zero-order valence-electron chi connectivity index (χ0n) is 10.6. The normalized spacial score (nSPS) is 24.5. The summed E-state index contributed by atoms with van der Waals surface area (Å²) >= 11 is 0. The van der Waals surface area contributed by atoms with E-state index < -0.39 is 12.0 Å². The van der Waals surface area contributed by atoms with Gasteiger partial charge in [-0.05, 0) is 25.7 Å². The van der Waals surface area contributed by atoms with Crippen molar-refractivity contribution < 1.29 is 19.4 Å². The van der Waals surface area contributed by atoms with Crippen LogP contribution in [-0.2, 0) is 14.3 Å². The van der Waals surface area contributed by atoms with Crippen LogP contribution in [0.2, 0.25) is 0 Å². The van der Waals surface area contributed by atoms with Gasteiger partial charge in [0, 0.05) is 6.61 Å². The van der Waals surface area contributed by atoms with E-state index >= 15 is 0 Å². The number of carboxylic acid groups (broad SMARTS) is 1. The Bertz CT molecular complexity index is 290. The highest BCUT2D eigenvalue weighted by atomic mass is 16.5. The number of carbonyl (C=O) groups excluding carboxylic acids is 1. The Labute approximate surface area is 102 Å². The van der Waals surface area contributed by atoms with Gasteiger partial charge in [0.25, 0.3) is 0 Å². The van der Waals surface area contributed by atoms with Crippen LogP contribution in [0, 0.1) is 11.8 Å². The lowest BCUT2D eigenvalue weighted by molar-refractivity contribution is -0.142. The maximum absolute atomic E-state index is 11.7. The Morgan fingerprint density at radius 3 is 2.59 bits per heavy atom. The van der Waals surface area contributed by atoms with Crippen molar-refractivity contribution in [3.63, 3.8) is 0 Å². The summed E-state index contributed by atoms with van der Waals surface area (Å²) in [6.45, 7) is 6.33. The summed E-state index contributed by atoms with van der Waals surface area (Å²) in [5.74, 6) is -1.10. The van der Waals surface area contributed by atoms with Crippen LogP contribution in [0.1, 0.15) is 33.6 Å². The summed E-state index contributed by atoms with van der Waals surface area (Å²) in [5, 5.41) is 11.6. The van der Waals surface area contributed by atoms with Crippen molar-refractivity contribution >= 4 is 11.9 Å². The Hall–Kier alpha value is -1.10. The minimum Gasteiger partial charge on any atom is -0.480 e. The van der Waals surface area contributed by atoms with Crippen molar-refractivity contribution in [1.82, 2.24) is 5.32 Å². The van der Waals surface area contributed by atoms with Gasteiger partial charge in [0.1, 0.15) is 6.04 Å². The molecule has 3 unspecified atom stereocenters. The number of amides is 1. The maximum atomic E-state index is 11.7. The number of carboxylic acids is 1. The number of rotatable bonds is 7. The number of carbonyl (C=O) groups is 2. The zero-order valence-corrected chi connectivity index (χ0v) is 10.6. The van der Waals surface area contributed by atoms with Crippen molar-refractivity contribution in [2.24, 2.45) is 11.8 Å². The van der Waals surface area contributed by atoms with E-state index in [-0.39, 0.29) is 23.8 Å². The van der Waals surface area contributed by atoms with Crippen molar-refractivity contribution in [1.29, 1.82) is 0 Å². The molecule has 0 saturated heterocycles. The molecule has 0 radical (unpaired) electrons. The van der Waals surface area contributed by atoms with Crippen LogP contribution in [0.4, 0.5) is 0 Å². The molecule has 1 aliphatic rings. The number of ether oxygens (including phenoxy) is 1. The van der Waals surface area contributed by atoms with Crippen LogP contribution in [0.3, 0.4) is 0 Å². The van der Waals surface area contributed by atoms with Crippen molar-refractivity contribution in [2.45, 2.75) is 45.8 Å². The fourth-order valence-corrected chi connectivity index (χ4v) is 1.82. The third-order valence-corrected chi connectivity index (χ3v) is 2.77. The van der Waals surface area contributed by atoms with E-state index in [1.807, 2.05) is 20.8 Å². The summed E-state index contributed by atoms with van der Waals surface area (Å²) in [5.41, 5.74) is 0. The lowest BCUT2D eigenvalue weighted by atomic mass is 10.0. The van der Waals surface area contributed by atoms with Gasteiger partial charge in [0.15, 0.2) is 0 Å². The highest BCUT2D eigenvalue weighted by molar-refractivity contribution is 5.87.